The normalized spacial score (nSPS) is 22.9. The number of rotatable bonds is 4. The van der Waals surface area contributed by atoms with E-state index in [1.165, 1.54) is 18.5 Å². The van der Waals surface area contributed by atoms with E-state index in [1.807, 2.05) is 23.5 Å². The molecule has 0 bridgehead atoms. The van der Waals surface area contributed by atoms with Crippen LogP contribution in [0.1, 0.15) is 78.0 Å². The van der Waals surface area contributed by atoms with Crippen LogP contribution in [0.25, 0.3) is 5.65 Å². The van der Waals surface area contributed by atoms with Crippen LogP contribution >= 0.6 is 0 Å². The molecular formula is C21H24N4O2. The van der Waals surface area contributed by atoms with E-state index in [0.717, 1.165) is 37.1 Å². The third-order valence-corrected chi connectivity index (χ3v) is 5.88. The summed E-state index contributed by atoms with van der Waals surface area (Å²) in [6.07, 6.45) is 9.88. The fourth-order valence-corrected chi connectivity index (χ4v) is 4.27. The van der Waals surface area contributed by atoms with Gasteiger partial charge in [-0.25, -0.2) is 9.97 Å². The Kier molecular flexibility index (Phi) is 3.99. The molecule has 0 aliphatic heterocycles. The summed E-state index contributed by atoms with van der Waals surface area (Å²) in [4.78, 5) is 21.9. The van der Waals surface area contributed by atoms with Crippen LogP contribution in [-0.2, 0) is 0 Å². The smallest absolute Gasteiger partial charge is 0.274 e. The number of amides is 1. The molecule has 0 aromatic carbocycles. The summed E-state index contributed by atoms with van der Waals surface area (Å²) >= 11 is 0. The highest BCUT2D eigenvalue weighted by atomic mass is 16.3. The Hall–Kier alpha value is -2.63. The maximum absolute atomic E-state index is 12.9. The van der Waals surface area contributed by atoms with Gasteiger partial charge in [-0.15, -0.1) is 0 Å². The maximum atomic E-state index is 12.9. The van der Waals surface area contributed by atoms with Crippen molar-refractivity contribution >= 4 is 11.6 Å². The summed E-state index contributed by atoms with van der Waals surface area (Å²) in [5.74, 6) is 1.99. The van der Waals surface area contributed by atoms with E-state index in [2.05, 4.69) is 21.4 Å². The summed E-state index contributed by atoms with van der Waals surface area (Å²) in [5.41, 5.74) is 3.29. The SMILES string of the molecule is Cc1cc(C2CC2)n2cnc(C(=O)NC3CCC(c4ccco4)CC3)c2n1. The highest BCUT2D eigenvalue weighted by molar-refractivity contribution is 5.98. The van der Waals surface area contributed by atoms with Gasteiger partial charge in [0.25, 0.3) is 5.91 Å². The van der Waals surface area contributed by atoms with Gasteiger partial charge in [0.1, 0.15) is 12.1 Å². The number of nitrogens with zero attached hydrogens (tertiary/aromatic N) is 3. The van der Waals surface area contributed by atoms with Crippen LogP contribution < -0.4 is 5.32 Å². The lowest BCUT2D eigenvalue weighted by atomic mass is 9.84. The van der Waals surface area contributed by atoms with Crippen LogP contribution in [0.2, 0.25) is 0 Å². The average Bonchev–Trinajstić information content (AvgIpc) is 3.19. The van der Waals surface area contributed by atoms with Crippen LogP contribution in [0.4, 0.5) is 0 Å². The van der Waals surface area contributed by atoms with E-state index in [0.29, 0.717) is 23.2 Å². The number of aromatic nitrogens is 3. The van der Waals surface area contributed by atoms with Crippen molar-refractivity contribution < 1.29 is 9.21 Å². The fraction of sp³-hybridized carbons (Fsp3) is 0.476. The first-order valence-corrected chi connectivity index (χ1v) is 9.88. The quantitative estimate of drug-likeness (QED) is 0.760. The van der Waals surface area contributed by atoms with Crippen molar-refractivity contribution in [2.75, 3.05) is 0 Å². The molecular weight excluding hydrogens is 340 g/mol. The zero-order valence-corrected chi connectivity index (χ0v) is 15.5. The van der Waals surface area contributed by atoms with E-state index in [9.17, 15) is 4.79 Å². The third kappa shape index (κ3) is 3.13. The lowest BCUT2D eigenvalue weighted by molar-refractivity contribution is 0.0922. The summed E-state index contributed by atoms with van der Waals surface area (Å²) in [6.45, 7) is 1.98. The Morgan fingerprint density at radius 1 is 1.19 bits per heavy atom. The lowest BCUT2D eigenvalue weighted by Gasteiger charge is -2.27. The third-order valence-electron chi connectivity index (χ3n) is 5.88. The number of imidazole rings is 1. The number of fused-ring (bicyclic) bond motifs is 1. The predicted octanol–water partition coefficient (Wildman–Crippen LogP) is 3.96. The second-order valence-electron chi connectivity index (χ2n) is 7.92. The Morgan fingerprint density at radius 3 is 2.67 bits per heavy atom. The molecule has 1 amide bonds. The number of hydrogen-bond acceptors (Lipinski definition) is 4. The molecule has 27 heavy (non-hydrogen) atoms. The second kappa shape index (κ2) is 6.51. The van der Waals surface area contributed by atoms with Gasteiger partial charge in [-0.1, -0.05) is 0 Å². The van der Waals surface area contributed by atoms with Crippen LogP contribution in [0.15, 0.2) is 35.2 Å². The highest BCUT2D eigenvalue weighted by Crippen LogP contribution is 2.40. The van der Waals surface area contributed by atoms with E-state index in [4.69, 9.17) is 4.42 Å². The molecule has 0 unspecified atom stereocenters. The molecule has 1 N–H and O–H groups in total. The van der Waals surface area contributed by atoms with Gasteiger partial charge in [0.15, 0.2) is 11.3 Å². The van der Waals surface area contributed by atoms with Crippen molar-refractivity contribution in [1.29, 1.82) is 0 Å². The van der Waals surface area contributed by atoms with Gasteiger partial charge in [0.05, 0.1) is 6.26 Å². The number of nitrogens with one attached hydrogen (secondary N) is 1. The van der Waals surface area contributed by atoms with Crippen LogP contribution in [0.5, 0.6) is 0 Å². The lowest BCUT2D eigenvalue weighted by Crippen LogP contribution is -2.37. The summed E-state index contributed by atoms with van der Waals surface area (Å²) in [6, 6.07) is 6.29. The van der Waals surface area contributed by atoms with Crippen molar-refractivity contribution in [3.63, 3.8) is 0 Å². The first kappa shape index (κ1) is 16.5. The number of aryl methyl sites for hydroxylation is 1. The largest absolute Gasteiger partial charge is 0.469 e. The molecule has 0 spiro atoms. The fourth-order valence-electron chi connectivity index (χ4n) is 4.27. The molecule has 2 fully saturated rings. The molecule has 3 heterocycles. The van der Waals surface area contributed by atoms with E-state index in [-0.39, 0.29) is 11.9 Å². The maximum Gasteiger partial charge on any atom is 0.274 e. The molecule has 6 nitrogen and oxygen atoms in total. The summed E-state index contributed by atoms with van der Waals surface area (Å²) < 4.78 is 7.53. The molecule has 6 heteroatoms. The van der Waals surface area contributed by atoms with Gasteiger partial charge < -0.3 is 9.73 Å². The molecule has 2 aliphatic carbocycles. The van der Waals surface area contributed by atoms with Gasteiger partial charge in [-0.3, -0.25) is 9.20 Å². The van der Waals surface area contributed by atoms with Crippen LogP contribution in [-0.4, -0.2) is 26.3 Å². The van der Waals surface area contributed by atoms with Gasteiger partial charge in [-0.05, 0) is 69.6 Å². The number of hydrogen-bond donors (Lipinski definition) is 1. The molecule has 0 radical (unpaired) electrons. The van der Waals surface area contributed by atoms with Crippen molar-refractivity contribution in [3.8, 4) is 0 Å². The standard InChI is InChI=1S/C21H24N4O2/c1-13-11-17(14-4-5-14)25-12-22-19(20(25)23-13)21(26)24-16-8-6-15(7-9-16)18-3-2-10-27-18/h2-3,10-12,14-16H,4-9H2,1H3,(H,24,26). The first-order valence-electron chi connectivity index (χ1n) is 9.88. The van der Waals surface area contributed by atoms with Gasteiger partial charge in [0, 0.05) is 23.3 Å². The molecule has 2 saturated carbocycles. The minimum atomic E-state index is -0.112. The zero-order chi connectivity index (χ0) is 18.4. The molecule has 0 atom stereocenters. The molecule has 5 rings (SSSR count). The monoisotopic (exact) mass is 364 g/mol. The second-order valence-corrected chi connectivity index (χ2v) is 7.92. The molecule has 2 aliphatic rings. The van der Waals surface area contributed by atoms with Crippen molar-refractivity contribution in [2.24, 2.45) is 0 Å². The van der Waals surface area contributed by atoms with Crippen LogP contribution in [0, 0.1) is 6.92 Å². The van der Waals surface area contributed by atoms with Gasteiger partial charge in [-0.2, -0.15) is 0 Å². The Morgan fingerprint density at radius 2 is 1.96 bits per heavy atom. The molecule has 3 aromatic heterocycles. The van der Waals surface area contributed by atoms with Gasteiger partial charge >= 0.3 is 0 Å². The van der Waals surface area contributed by atoms with E-state index in [1.54, 1.807) is 12.6 Å². The van der Waals surface area contributed by atoms with Crippen LogP contribution in [0.3, 0.4) is 0 Å². The summed E-state index contributed by atoms with van der Waals surface area (Å²) in [5, 5.41) is 3.18. The number of carbonyl (C=O) groups excluding carboxylic acids is 1. The van der Waals surface area contributed by atoms with Gasteiger partial charge in [0.2, 0.25) is 0 Å². The number of furan rings is 1. The highest BCUT2D eigenvalue weighted by Gasteiger charge is 2.29. The van der Waals surface area contributed by atoms with E-state index >= 15 is 0 Å². The summed E-state index contributed by atoms with van der Waals surface area (Å²) in [7, 11) is 0. The Labute approximate surface area is 158 Å². The topological polar surface area (TPSA) is 72.4 Å². The molecule has 0 saturated heterocycles. The minimum absolute atomic E-state index is 0.112. The zero-order valence-electron chi connectivity index (χ0n) is 15.5. The Balaban J connectivity index is 1.30. The average molecular weight is 364 g/mol. The molecule has 140 valence electrons. The number of carbonyl (C=O) groups is 1. The Bertz CT molecular complexity index is 964. The van der Waals surface area contributed by atoms with Crippen molar-refractivity contribution in [1.82, 2.24) is 19.7 Å². The first-order chi connectivity index (χ1) is 13.2. The predicted molar refractivity (Wildman–Crippen MR) is 101 cm³/mol. The van der Waals surface area contributed by atoms with Crippen molar-refractivity contribution in [3.05, 3.63) is 53.6 Å². The molecule has 3 aromatic rings. The minimum Gasteiger partial charge on any atom is -0.469 e. The van der Waals surface area contributed by atoms with E-state index < -0.39 is 0 Å². The van der Waals surface area contributed by atoms with Crippen molar-refractivity contribution in [2.45, 2.75) is 63.3 Å².